The van der Waals surface area contributed by atoms with Crippen LogP contribution in [-0.4, -0.2) is 29.5 Å². The van der Waals surface area contributed by atoms with Crippen LogP contribution < -0.4 is 5.56 Å². The number of aliphatic hydroxyl groups excluding tert-OH is 1. The summed E-state index contributed by atoms with van der Waals surface area (Å²) >= 11 is 0. The van der Waals surface area contributed by atoms with Crippen molar-refractivity contribution in [1.82, 2.24) is 24.4 Å². The van der Waals surface area contributed by atoms with Gasteiger partial charge < -0.3 is 5.11 Å². The van der Waals surface area contributed by atoms with Crippen LogP contribution in [0.25, 0.3) is 5.65 Å². The summed E-state index contributed by atoms with van der Waals surface area (Å²) in [5.74, 6) is 0. The van der Waals surface area contributed by atoms with Gasteiger partial charge in [-0.05, 0) is 24.1 Å². The fourth-order valence-electron chi connectivity index (χ4n) is 2.88. The van der Waals surface area contributed by atoms with Gasteiger partial charge in [-0.3, -0.25) is 9.20 Å². The fourth-order valence-corrected chi connectivity index (χ4v) is 2.88. The Labute approximate surface area is 149 Å². The lowest BCUT2D eigenvalue weighted by molar-refractivity contribution is 0.215. The lowest BCUT2D eigenvalue weighted by atomic mass is 10.1. The second kappa shape index (κ2) is 6.53. The molecule has 4 aromatic rings. The van der Waals surface area contributed by atoms with E-state index in [9.17, 15) is 9.90 Å². The molecule has 3 aromatic heterocycles. The van der Waals surface area contributed by atoms with Crippen LogP contribution in [-0.2, 0) is 6.54 Å². The molecule has 1 unspecified atom stereocenters. The predicted molar refractivity (Wildman–Crippen MR) is 95.8 cm³/mol. The molecule has 0 saturated heterocycles. The maximum absolute atomic E-state index is 12.3. The molecule has 0 aliphatic carbocycles. The normalized spacial score (nSPS) is 12.4. The van der Waals surface area contributed by atoms with Gasteiger partial charge in [-0.15, -0.1) is 5.10 Å². The first-order valence-corrected chi connectivity index (χ1v) is 8.23. The van der Waals surface area contributed by atoms with Gasteiger partial charge in [0.25, 0.3) is 5.56 Å². The molecule has 0 fully saturated rings. The SMILES string of the molecule is Cc1cccn2c(=O)cc(Cn3cc(C(O)c4ccccc4)nn3)nc12. The maximum atomic E-state index is 12.3. The zero-order chi connectivity index (χ0) is 18.1. The zero-order valence-electron chi connectivity index (χ0n) is 14.1. The van der Waals surface area contributed by atoms with E-state index >= 15 is 0 Å². The van der Waals surface area contributed by atoms with Crippen molar-refractivity contribution >= 4 is 5.65 Å². The molecule has 7 heteroatoms. The van der Waals surface area contributed by atoms with Gasteiger partial charge in [-0.1, -0.05) is 41.6 Å². The van der Waals surface area contributed by atoms with Gasteiger partial charge in [-0.25, -0.2) is 9.67 Å². The molecule has 0 spiro atoms. The highest BCUT2D eigenvalue weighted by atomic mass is 16.3. The molecule has 1 aromatic carbocycles. The van der Waals surface area contributed by atoms with Crippen LogP contribution in [0.5, 0.6) is 0 Å². The highest BCUT2D eigenvalue weighted by molar-refractivity contribution is 5.46. The Balaban J connectivity index is 1.63. The number of pyridine rings is 1. The number of fused-ring (bicyclic) bond motifs is 1. The van der Waals surface area contributed by atoms with E-state index in [2.05, 4.69) is 15.3 Å². The minimum atomic E-state index is -0.845. The highest BCUT2D eigenvalue weighted by Gasteiger charge is 2.14. The van der Waals surface area contributed by atoms with Crippen LogP contribution in [0.15, 0.2) is 65.7 Å². The maximum Gasteiger partial charge on any atom is 0.258 e. The van der Waals surface area contributed by atoms with Crippen LogP contribution in [0.2, 0.25) is 0 Å². The van der Waals surface area contributed by atoms with Gasteiger partial charge in [0.2, 0.25) is 0 Å². The summed E-state index contributed by atoms with van der Waals surface area (Å²) in [5, 5.41) is 18.5. The van der Waals surface area contributed by atoms with Crippen molar-refractivity contribution in [2.24, 2.45) is 0 Å². The zero-order valence-corrected chi connectivity index (χ0v) is 14.1. The summed E-state index contributed by atoms with van der Waals surface area (Å²) in [7, 11) is 0. The molecule has 26 heavy (non-hydrogen) atoms. The molecule has 1 atom stereocenters. The molecule has 130 valence electrons. The summed E-state index contributed by atoms with van der Waals surface area (Å²) in [6, 6.07) is 14.5. The Bertz CT molecular complexity index is 1120. The molecule has 0 aliphatic rings. The summed E-state index contributed by atoms with van der Waals surface area (Å²) in [6.45, 7) is 2.21. The van der Waals surface area contributed by atoms with E-state index in [1.807, 2.05) is 49.4 Å². The molecule has 0 amide bonds. The van der Waals surface area contributed by atoms with Crippen molar-refractivity contribution in [2.75, 3.05) is 0 Å². The van der Waals surface area contributed by atoms with Crippen molar-refractivity contribution in [1.29, 1.82) is 0 Å². The minimum Gasteiger partial charge on any atom is -0.382 e. The predicted octanol–water partition coefficient (Wildman–Crippen LogP) is 1.72. The van der Waals surface area contributed by atoms with Crippen LogP contribution in [0.1, 0.15) is 28.6 Å². The number of hydrogen-bond acceptors (Lipinski definition) is 5. The average molecular weight is 347 g/mol. The van der Waals surface area contributed by atoms with E-state index in [-0.39, 0.29) is 5.56 Å². The molecule has 0 aliphatic heterocycles. The summed E-state index contributed by atoms with van der Waals surface area (Å²) < 4.78 is 3.09. The first kappa shape index (κ1) is 16.2. The number of benzene rings is 1. The summed E-state index contributed by atoms with van der Waals surface area (Å²) in [6.07, 6.45) is 2.52. The van der Waals surface area contributed by atoms with E-state index in [4.69, 9.17) is 0 Å². The van der Waals surface area contributed by atoms with E-state index in [1.54, 1.807) is 17.1 Å². The van der Waals surface area contributed by atoms with Crippen molar-refractivity contribution < 1.29 is 5.11 Å². The quantitative estimate of drug-likeness (QED) is 0.608. The minimum absolute atomic E-state index is 0.140. The van der Waals surface area contributed by atoms with E-state index in [1.165, 1.54) is 10.5 Å². The molecular formula is C19H17N5O2. The number of hydrogen-bond donors (Lipinski definition) is 1. The topological polar surface area (TPSA) is 85.3 Å². The third-order valence-electron chi connectivity index (χ3n) is 4.22. The van der Waals surface area contributed by atoms with E-state index in [0.717, 1.165) is 11.1 Å². The van der Waals surface area contributed by atoms with Gasteiger partial charge in [0.15, 0.2) is 0 Å². The second-order valence-corrected chi connectivity index (χ2v) is 6.12. The smallest absolute Gasteiger partial charge is 0.258 e. The Morgan fingerprint density at radius 2 is 1.96 bits per heavy atom. The number of aliphatic hydroxyl groups is 1. The van der Waals surface area contributed by atoms with Crippen LogP contribution in [0, 0.1) is 6.92 Å². The van der Waals surface area contributed by atoms with Crippen molar-refractivity contribution in [3.05, 3.63) is 93.8 Å². The Kier molecular flexibility index (Phi) is 4.06. The summed E-state index contributed by atoms with van der Waals surface area (Å²) in [5.41, 5.74) is 3.19. The van der Waals surface area contributed by atoms with Crippen molar-refractivity contribution in [3.8, 4) is 0 Å². The number of rotatable bonds is 4. The third kappa shape index (κ3) is 3.00. The third-order valence-corrected chi connectivity index (χ3v) is 4.22. The molecule has 0 bridgehead atoms. The first-order valence-electron chi connectivity index (χ1n) is 8.23. The molecular weight excluding hydrogens is 330 g/mol. The lowest BCUT2D eigenvalue weighted by Gasteiger charge is -2.07. The molecule has 1 N–H and O–H groups in total. The van der Waals surface area contributed by atoms with Crippen LogP contribution in [0.4, 0.5) is 0 Å². The summed E-state index contributed by atoms with van der Waals surface area (Å²) in [4.78, 5) is 16.8. The van der Waals surface area contributed by atoms with E-state index < -0.39 is 6.10 Å². The lowest BCUT2D eigenvalue weighted by Crippen LogP contribution is -2.17. The van der Waals surface area contributed by atoms with Gasteiger partial charge in [-0.2, -0.15) is 0 Å². The molecule has 3 heterocycles. The second-order valence-electron chi connectivity index (χ2n) is 6.12. The number of nitrogens with zero attached hydrogens (tertiary/aromatic N) is 5. The van der Waals surface area contributed by atoms with Gasteiger partial charge in [0.1, 0.15) is 17.4 Å². The van der Waals surface area contributed by atoms with Crippen molar-refractivity contribution in [3.63, 3.8) is 0 Å². The van der Waals surface area contributed by atoms with Gasteiger partial charge in [0, 0.05) is 12.3 Å². The fraction of sp³-hybridized carbons (Fsp3) is 0.158. The molecule has 0 saturated carbocycles. The standard InChI is InChI=1S/C19H17N5O2/c1-13-6-5-9-24-17(25)10-15(20-19(13)24)11-23-12-16(21-22-23)18(26)14-7-3-2-4-8-14/h2-10,12,18,26H,11H2,1H3. The monoisotopic (exact) mass is 347 g/mol. The van der Waals surface area contributed by atoms with E-state index in [0.29, 0.717) is 23.6 Å². The molecule has 4 rings (SSSR count). The Hall–Kier alpha value is -3.32. The van der Waals surface area contributed by atoms with Gasteiger partial charge in [0.05, 0.1) is 18.4 Å². The Morgan fingerprint density at radius 1 is 1.15 bits per heavy atom. The average Bonchev–Trinajstić information content (AvgIpc) is 3.11. The Morgan fingerprint density at radius 3 is 2.77 bits per heavy atom. The van der Waals surface area contributed by atoms with Crippen LogP contribution in [0.3, 0.4) is 0 Å². The molecule has 0 radical (unpaired) electrons. The van der Waals surface area contributed by atoms with Crippen molar-refractivity contribution in [2.45, 2.75) is 19.6 Å². The number of aromatic nitrogens is 5. The molecule has 7 nitrogen and oxygen atoms in total. The largest absolute Gasteiger partial charge is 0.382 e. The van der Waals surface area contributed by atoms with Crippen LogP contribution >= 0.6 is 0 Å². The number of aryl methyl sites for hydroxylation is 1. The van der Waals surface area contributed by atoms with Gasteiger partial charge >= 0.3 is 0 Å². The first-order chi connectivity index (χ1) is 12.6. The highest BCUT2D eigenvalue weighted by Crippen LogP contribution is 2.19.